The third kappa shape index (κ3) is 2.02. The molecule has 1 aliphatic rings. The lowest BCUT2D eigenvalue weighted by Gasteiger charge is -2.22. The van der Waals surface area contributed by atoms with Crippen molar-refractivity contribution in [1.82, 2.24) is 0 Å². The van der Waals surface area contributed by atoms with Gasteiger partial charge in [-0.15, -0.1) is 0 Å². The highest BCUT2D eigenvalue weighted by molar-refractivity contribution is 5.61. The minimum absolute atomic E-state index is 0.602. The molecule has 1 saturated heterocycles. The normalized spacial score (nSPS) is 24.5. The van der Waals surface area contributed by atoms with Crippen molar-refractivity contribution in [1.29, 1.82) is 5.26 Å². The van der Waals surface area contributed by atoms with Crippen LogP contribution in [0.5, 0.6) is 0 Å². The second kappa shape index (κ2) is 3.80. The van der Waals surface area contributed by atoms with E-state index < -0.39 is 5.60 Å². The fraction of sp³-hybridized carbons (Fsp3) is 0.462. The van der Waals surface area contributed by atoms with Crippen LogP contribution in [-0.4, -0.2) is 23.8 Å². The average molecular weight is 216 g/mol. The monoisotopic (exact) mass is 216 g/mol. The molecular weight excluding hydrogens is 200 g/mol. The zero-order chi connectivity index (χ0) is 11.8. The molecule has 1 unspecified atom stereocenters. The first-order chi connectivity index (χ1) is 7.52. The van der Waals surface area contributed by atoms with E-state index in [1.54, 1.807) is 0 Å². The Bertz CT molecular complexity index is 446. The van der Waals surface area contributed by atoms with Crippen LogP contribution in [0, 0.1) is 18.3 Å². The molecule has 1 fully saturated rings. The van der Waals surface area contributed by atoms with Gasteiger partial charge in [0.05, 0.1) is 16.9 Å². The maximum Gasteiger partial charge on any atom is 0.101 e. The smallest absolute Gasteiger partial charge is 0.101 e. The highest BCUT2D eigenvalue weighted by Crippen LogP contribution is 2.29. The van der Waals surface area contributed by atoms with Crippen molar-refractivity contribution in [3.63, 3.8) is 0 Å². The Balaban J connectivity index is 2.34. The van der Waals surface area contributed by atoms with Gasteiger partial charge < -0.3 is 10.0 Å². The van der Waals surface area contributed by atoms with E-state index in [1.807, 2.05) is 32.0 Å². The first-order valence-electron chi connectivity index (χ1n) is 5.50. The van der Waals surface area contributed by atoms with E-state index >= 15 is 0 Å². The molecule has 0 aromatic heterocycles. The average Bonchev–Trinajstić information content (AvgIpc) is 2.59. The Kier molecular flexibility index (Phi) is 2.61. The molecule has 1 heterocycles. The maximum absolute atomic E-state index is 9.93. The van der Waals surface area contributed by atoms with Gasteiger partial charge in [-0.25, -0.2) is 0 Å². The topological polar surface area (TPSA) is 47.3 Å². The molecule has 0 aliphatic carbocycles. The number of hydrogen-bond acceptors (Lipinski definition) is 3. The van der Waals surface area contributed by atoms with Crippen molar-refractivity contribution >= 4 is 5.69 Å². The zero-order valence-corrected chi connectivity index (χ0v) is 9.70. The first kappa shape index (κ1) is 11.0. The molecule has 2 rings (SSSR count). The Morgan fingerprint density at radius 2 is 2.25 bits per heavy atom. The number of benzene rings is 1. The fourth-order valence-corrected chi connectivity index (χ4v) is 2.15. The molecular formula is C13H16N2O. The van der Waals surface area contributed by atoms with E-state index in [1.165, 1.54) is 0 Å². The van der Waals surface area contributed by atoms with Gasteiger partial charge in [-0.2, -0.15) is 5.26 Å². The molecule has 0 spiro atoms. The predicted octanol–water partition coefficient (Wildman–Crippen LogP) is 1.83. The van der Waals surface area contributed by atoms with E-state index in [0.29, 0.717) is 12.1 Å². The third-order valence-electron chi connectivity index (χ3n) is 3.07. The number of nitrogens with zero attached hydrogens (tertiary/aromatic N) is 2. The lowest BCUT2D eigenvalue weighted by atomic mass is 10.1. The number of hydrogen-bond donors (Lipinski definition) is 1. The molecule has 1 atom stereocenters. The van der Waals surface area contributed by atoms with Crippen LogP contribution < -0.4 is 4.90 Å². The van der Waals surface area contributed by atoms with Crippen molar-refractivity contribution < 1.29 is 5.11 Å². The summed E-state index contributed by atoms with van der Waals surface area (Å²) < 4.78 is 0. The lowest BCUT2D eigenvalue weighted by molar-refractivity contribution is 0.0839. The molecule has 0 bridgehead atoms. The molecule has 1 aliphatic heterocycles. The second-order valence-electron chi connectivity index (χ2n) is 4.80. The summed E-state index contributed by atoms with van der Waals surface area (Å²) in [6.45, 7) is 5.27. The number of anilines is 1. The van der Waals surface area contributed by atoms with E-state index in [9.17, 15) is 5.11 Å². The van der Waals surface area contributed by atoms with E-state index in [-0.39, 0.29) is 0 Å². The molecule has 84 valence electrons. The molecule has 3 nitrogen and oxygen atoms in total. The summed E-state index contributed by atoms with van der Waals surface area (Å²) >= 11 is 0. The van der Waals surface area contributed by atoms with Gasteiger partial charge in [0.25, 0.3) is 0 Å². The number of β-amino-alcohol motifs (C(OH)–C–C–N with tert-alkyl or cyclic N) is 1. The molecule has 0 saturated carbocycles. The predicted molar refractivity (Wildman–Crippen MR) is 63.3 cm³/mol. The Morgan fingerprint density at radius 3 is 2.81 bits per heavy atom. The maximum atomic E-state index is 9.93. The van der Waals surface area contributed by atoms with Gasteiger partial charge in [-0.1, -0.05) is 6.07 Å². The second-order valence-corrected chi connectivity index (χ2v) is 4.80. The molecule has 16 heavy (non-hydrogen) atoms. The van der Waals surface area contributed by atoms with E-state index in [4.69, 9.17) is 5.26 Å². The van der Waals surface area contributed by atoms with Crippen LogP contribution in [0.4, 0.5) is 5.69 Å². The van der Waals surface area contributed by atoms with Gasteiger partial charge in [-0.3, -0.25) is 0 Å². The zero-order valence-electron chi connectivity index (χ0n) is 9.70. The summed E-state index contributed by atoms with van der Waals surface area (Å²) in [7, 11) is 0. The molecule has 3 heteroatoms. The van der Waals surface area contributed by atoms with Crippen LogP contribution in [-0.2, 0) is 0 Å². The van der Waals surface area contributed by atoms with Crippen LogP contribution in [0.15, 0.2) is 18.2 Å². The summed E-state index contributed by atoms with van der Waals surface area (Å²) in [6, 6.07) is 8.00. The van der Waals surface area contributed by atoms with Crippen LogP contribution in [0.2, 0.25) is 0 Å². The standard InChI is InChI=1S/C13H16N2O/c1-10-3-4-11(8-14)12(7-10)15-6-5-13(2,16)9-15/h3-4,7,16H,5-6,9H2,1-2H3. The summed E-state index contributed by atoms with van der Waals surface area (Å²) in [5.41, 5.74) is 2.14. The number of aryl methyl sites for hydroxylation is 1. The fourth-order valence-electron chi connectivity index (χ4n) is 2.15. The Hall–Kier alpha value is -1.53. The molecule has 1 aromatic rings. The minimum atomic E-state index is -0.629. The first-order valence-corrected chi connectivity index (χ1v) is 5.50. The number of aliphatic hydroxyl groups is 1. The van der Waals surface area contributed by atoms with Gasteiger partial charge in [0.1, 0.15) is 6.07 Å². The van der Waals surface area contributed by atoms with Crippen molar-refractivity contribution in [2.45, 2.75) is 25.9 Å². The Labute approximate surface area is 95.9 Å². The van der Waals surface area contributed by atoms with Crippen LogP contribution in [0.1, 0.15) is 24.5 Å². The van der Waals surface area contributed by atoms with Crippen molar-refractivity contribution in [3.8, 4) is 6.07 Å². The van der Waals surface area contributed by atoms with Crippen molar-refractivity contribution in [2.75, 3.05) is 18.0 Å². The van der Waals surface area contributed by atoms with Gasteiger partial charge in [0, 0.05) is 13.1 Å². The largest absolute Gasteiger partial charge is 0.388 e. The number of nitriles is 1. The highest BCUT2D eigenvalue weighted by atomic mass is 16.3. The summed E-state index contributed by atoms with van der Waals surface area (Å²) in [6.07, 6.45) is 0.756. The van der Waals surface area contributed by atoms with E-state index in [0.717, 1.165) is 24.2 Å². The molecule has 1 aromatic carbocycles. The molecule has 1 N–H and O–H groups in total. The molecule has 0 amide bonds. The Morgan fingerprint density at radius 1 is 1.50 bits per heavy atom. The quantitative estimate of drug-likeness (QED) is 0.779. The van der Waals surface area contributed by atoms with Gasteiger partial charge >= 0.3 is 0 Å². The van der Waals surface area contributed by atoms with Crippen molar-refractivity contribution in [3.05, 3.63) is 29.3 Å². The summed E-state index contributed by atoms with van der Waals surface area (Å²) in [4.78, 5) is 2.09. The van der Waals surface area contributed by atoms with Gasteiger partial charge in [0.2, 0.25) is 0 Å². The third-order valence-corrected chi connectivity index (χ3v) is 3.07. The summed E-state index contributed by atoms with van der Waals surface area (Å²) in [5, 5.41) is 19.0. The summed E-state index contributed by atoms with van der Waals surface area (Å²) in [5.74, 6) is 0. The van der Waals surface area contributed by atoms with Crippen LogP contribution in [0.3, 0.4) is 0 Å². The van der Waals surface area contributed by atoms with Gasteiger partial charge in [0.15, 0.2) is 0 Å². The molecule has 0 radical (unpaired) electrons. The highest BCUT2D eigenvalue weighted by Gasteiger charge is 2.32. The van der Waals surface area contributed by atoms with E-state index in [2.05, 4.69) is 11.0 Å². The number of rotatable bonds is 1. The minimum Gasteiger partial charge on any atom is -0.388 e. The van der Waals surface area contributed by atoms with Crippen LogP contribution in [0.25, 0.3) is 0 Å². The van der Waals surface area contributed by atoms with Crippen LogP contribution >= 0.6 is 0 Å². The lowest BCUT2D eigenvalue weighted by Crippen LogP contribution is -2.29. The SMILES string of the molecule is Cc1ccc(C#N)c(N2CCC(C)(O)C2)c1. The van der Waals surface area contributed by atoms with Crippen molar-refractivity contribution in [2.24, 2.45) is 0 Å². The van der Waals surface area contributed by atoms with Gasteiger partial charge in [-0.05, 0) is 38.0 Å².